The van der Waals surface area contributed by atoms with E-state index in [1.807, 2.05) is 11.0 Å². The summed E-state index contributed by atoms with van der Waals surface area (Å²) in [6, 6.07) is 5.34. The van der Waals surface area contributed by atoms with Crippen LogP contribution < -0.4 is 16.0 Å². The lowest BCUT2D eigenvalue weighted by Gasteiger charge is -2.27. The summed E-state index contributed by atoms with van der Waals surface area (Å²) in [5, 5.41) is 2.85. The summed E-state index contributed by atoms with van der Waals surface area (Å²) in [5.41, 5.74) is 7.68. The van der Waals surface area contributed by atoms with Crippen LogP contribution in [-0.2, 0) is 16.0 Å². The van der Waals surface area contributed by atoms with E-state index >= 15 is 0 Å². The molecule has 0 aliphatic carbocycles. The fraction of sp³-hybridized carbons (Fsp3) is 0.263. The number of pyridine rings is 1. The summed E-state index contributed by atoms with van der Waals surface area (Å²) in [6.45, 7) is 2.54. The summed E-state index contributed by atoms with van der Waals surface area (Å²) >= 11 is 0. The minimum Gasteiger partial charge on any atom is -0.378 e. The second kappa shape index (κ2) is 8.57. The van der Waals surface area contributed by atoms with E-state index in [0.29, 0.717) is 49.3 Å². The number of aromatic nitrogens is 5. The number of carbonyl (C=O) groups is 1. The standard InChI is InChI=1S/C19H20N8O2/c20-18-22-11-14(12-23-18)15-9-16(25-17(28)8-13-2-1-3-21-10-13)26-19(24-15)27-4-6-29-7-5-27/h1-3,9-12H,4-8H2,(H2,20,22,23)(H,24,25,26,28). The Kier molecular flexibility index (Phi) is 5.52. The molecule has 0 saturated carbocycles. The molecule has 148 valence electrons. The highest BCUT2D eigenvalue weighted by Crippen LogP contribution is 2.23. The molecule has 0 unspecified atom stereocenters. The molecule has 3 aromatic heterocycles. The van der Waals surface area contributed by atoms with Crippen molar-refractivity contribution in [2.75, 3.05) is 42.3 Å². The Hall–Kier alpha value is -3.66. The van der Waals surface area contributed by atoms with Gasteiger partial charge in [0.2, 0.25) is 17.8 Å². The minimum atomic E-state index is -0.191. The number of anilines is 3. The van der Waals surface area contributed by atoms with Gasteiger partial charge in [-0.2, -0.15) is 4.98 Å². The summed E-state index contributed by atoms with van der Waals surface area (Å²) in [4.78, 5) is 35.7. The molecule has 0 spiro atoms. The molecule has 0 bridgehead atoms. The smallest absolute Gasteiger partial charge is 0.230 e. The van der Waals surface area contributed by atoms with Crippen molar-refractivity contribution in [1.29, 1.82) is 0 Å². The fourth-order valence-electron chi connectivity index (χ4n) is 2.90. The van der Waals surface area contributed by atoms with Gasteiger partial charge in [-0.15, -0.1) is 0 Å². The SMILES string of the molecule is Nc1ncc(-c2cc(NC(=O)Cc3cccnc3)nc(N3CCOCC3)n2)cn1. The molecule has 29 heavy (non-hydrogen) atoms. The number of hydrogen-bond donors (Lipinski definition) is 2. The van der Waals surface area contributed by atoms with E-state index in [9.17, 15) is 4.79 Å². The van der Waals surface area contributed by atoms with Gasteiger partial charge in [-0.25, -0.2) is 15.0 Å². The normalized spacial score (nSPS) is 13.9. The van der Waals surface area contributed by atoms with E-state index in [-0.39, 0.29) is 18.3 Å². The summed E-state index contributed by atoms with van der Waals surface area (Å²) in [7, 11) is 0. The van der Waals surface area contributed by atoms with Gasteiger partial charge in [-0.1, -0.05) is 6.07 Å². The molecular formula is C19H20N8O2. The second-order valence-electron chi connectivity index (χ2n) is 6.45. The molecule has 1 amide bonds. The van der Waals surface area contributed by atoms with Crippen molar-refractivity contribution in [3.8, 4) is 11.3 Å². The number of nitrogens with two attached hydrogens (primary N) is 1. The van der Waals surface area contributed by atoms with Gasteiger partial charge < -0.3 is 20.7 Å². The Morgan fingerprint density at radius 1 is 1.17 bits per heavy atom. The van der Waals surface area contributed by atoms with E-state index in [4.69, 9.17) is 10.5 Å². The largest absolute Gasteiger partial charge is 0.378 e. The molecular weight excluding hydrogens is 372 g/mol. The molecule has 1 fully saturated rings. The highest BCUT2D eigenvalue weighted by Gasteiger charge is 2.17. The van der Waals surface area contributed by atoms with Crippen LogP contribution in [-0.4, -0.2) is 57.1 Å². The van der Waals surface area contributed by atoms with Gasteiger partial charge in [0.15, 0.2) is 0 Å². The number of nitrogens with zero attached hydrogens (tertiary/aromatic N) is 6. The van der Waals surface area contributed by atoms with Gasteiger partial charge >= 0.3 is 0 Å². The van der Waals surface area contributed by atoms with Crippen LogP contribution in [0.5, 0.6) is 0 Å². The third kappa shape index (κ3) is 4.79. The molecule has 10 heteroatoms. The first-order valence-corrected chi connectivity index (χ1v) is 9.16. The third-order valence-electron chi connectivity index (χ3n) is 4.33. The Bertz CT molecular complexity index is 975. The number of nitrogens with one attached hydrogen (secondary N) is 1. The fourth-order valence-corrected chi connectivity index (χ4v) is 2.90. The van der Waals surface area contributed by atoms with Crippen molar-refractivity contribution < 1.29 is 9.53 Å². The Morgan fingerprint density at radius 3 is 2.69 bits per heavy atom. The Labute approximate surface area is 167 Å². The molecule has 1 aliphatic heterocycles. The first-order valence-electron chi connectivity index (χ1n) is 9.16. The Balaban J connectivity index is 1.61. The lowest BCUT2D eigenvalue weighted by atomic mass is 10.2. The zero-order valence-electron chi connectivity index (χ0n) is 15.7. The van der Waals surface area contributed by atoms with E-state index in [2.05, 4.69) is 30.2 Å². The number of hydrogen-bond acceptors (Lipinski definition) is 9. The van der Waals surface area contributed by atoms with Crippen molar-refractivity contribution in [2.45, 2.75) is 6.42 Å². The molecule has 1 aliphatic rings. The highest BCUT2D eigenvalue weighted by molar-refractivity contribution is 5.92. The number of nitrogen functional groups attached to an aromatic ring is 1. The van der Waals surface area contributed by atoms with E-state index < -0.39 is 0 Å². The zero-order valence-corrected chi connectivity index (χ0v) is 15.7. The van der Waals surface area contributed by atoms with E-state index in [1.165, 1.54) is 0 Å². The number of rotatable bonds is 5. The van der Waals surface area contributed by atoms with Crippen molar-refractivity contribution in [2.24, 2.45) is 0 Å². The van der Waals surface area contributed by atoms with Crippen molar-refractivity contribution in [1.82, 2.24) is 24.9 Å². The quantitative estimate of drug-likeness (QED) is 0.650. The van der Waals surface area contributed by atoms with Crippen molar-refractivity contribution in [3.05, 3.63) is 48.5 Å². The maximum absolute atomic E-state index is 12.5. The molecule has 4 rings (SSSR count). The number of ether oxygens (including phenoxy) is 1. The van der Waals surface area contributed by atoms with E-state index in [1.54, 1.807) is 36.9 Å². The summed E-state index contributed by atoms with van der Waals surface area (Å²) < 4.78 is 5.40. The molecule has 4 heterocycles. The highest BCUT2D eigenvalue weighted by atomic mass is 16.5. The van der Waals surface area contributed by atoms with Crippen LogP contribution in [0.3, 0.4) is 0 Å². The first-order chi connectivity index (χ1) is 14.2. The average molecular weight is 392 g/mol. The predicted octanol–water partition coefficient (Wildman–Crippen LogP) is 0.929. The molecule has 0 atom stereocenters. The predicted molar refractivity (Wildman–Crippen MR) is 107 cm³/mol. The van der Waals surface area contributed by atoms with Crippen LogP contribution in [0.2, 0.25) is 0 Å². The van der Waals surface area contributed by atoms with Crippen molar-refractivity contribution >= 4 is 23.6 Å². The number of carbonyl (C=O) groups excluding carboxylic acids is 1. The monoisotopic (exact) mass is 392 g/mol. The Morgan fingerprint density at radius 2 is 1.97 bits per heavy atom. The van der Waals surface area contributed by atoms with Crippen molar-refractivity contribution in [3.63, 3.8) is 0 Å². The summed E-state index contributed by atoms with van der Waals surface area (Å²) in [5.74, 6) is 0.909. The molecule has 3 N–H and O–H groups in total. The van der Waals surface area contributed by atoms with Crippen LogP contribution in [0.15, 0.2) is 43.0 Å². The lowest BCUT2D eigenvalue weighted by Crippen LogP contribution is -2.37. The van der Waals surface area contributed by atoms with Crippen LogP contribution in [0.25, 0.3) is 11.3 Å². The number of morpholine rings is 1. The second-order valence-corrected chi connectivity index (χ2v) is 6.45. The van der Waals surface area contributed by atoms with Gasteiger partial charge in [0, 0.05) is 49.5 Å². The lowest BCUT2D eigenvalue weighted by molar-refractivity contribution is -0.115. The first kappa shape index (κ1) is 18.7. The molecule has 0 aromatic carbocycles. The van der Waals surface area contributed by atoms with Gasteiger partial charge in [0.25, 0.3) is 0 Å². The zero-order chi connectivity index (χ0) is 20.1. The minimum absolute atomic E-state index is 0.182. The molecule has 3 aromatic rings. The molecule has 1 saturated heterocycles. The van der Waals surface area contributed by atoms with Crippen LogP contribution in [0.1, 0.15) is 5.56 Å². The molecule has 10 nitrogen and oxygen atoms in total. The van der Waals surface area contributed by atoms with Gasteiger partial charge in [-0.3, -0.25) is 9.78 Å². The maximum Gasteiger partial charge on any atom is 0.230 e. The number of amides is 1. The third-order valence-corrected chi connectivity index (χ3v) is 4.33. The summed E-state index contributed by atoms with van der Waals surface area (Å²) in [6.07, 6.45) is 6.71. The van der Waals surface area contributed by atoms with Gasteiger partial charge in [0.05, 0.1) is 25.3 Å². The van der Waals surface area contributed by atoms with Crippen LogP contribution >= 0.6 is 0 Å². The van der Waals surface area contributed by atoms with Gasteiger partial charge in [-0.05, 0) is 11.6 Å². The topological polar surface area (TPSA) is 132 Å². The molecule has 0 radical (unpaired) electrons. The van der Waals surface area contributed by atoms with Crippen LogP contribution in [0.4, 0.5) is 17.7 Å². The van der Waals surface area contributed by atoms with Crippen LogP contribution in [0, 0.1) is 0 Å². The average Bonchev–Trinajstić information content (AvgIpc) is 2.75. The van der Waals surface area contributed by atoms with Gasteiger partial charge in [0.1, 0.15) is 5.82 Å². The van der Waals surface area contributed by atoms with E-state index in [0.717, 1.165) is 5.56 Å². The maximum atomic E-state index is 12.5.